The van der Waals surface area contributed by atoms with E-state index in [0.29, 0.717) is 17.1 Å². The summed E-state index contributed by atoms with van der Waals surface area (Å²) in [7, 11) is 0. The Morgan fingerprint density at radius 2 is 1.97 bits per heavy atom. The smallest absolute Gasteiger partial charge is 0.387 e. The van der Waals surface area contributed by atoms with Gasteiger partial charge in [0.15, 0.2) is 17.4 Å². The lowest BCUT2D eigenvalue weighted by molar-refractivity contribution is -0.0521. The molecule has 0 spiro atoms. The van der Waals surface area contributed by atoms with E-state index in [-0.39, 0.29) is 22.8 Å². The highest BCUT2D eigenvalue weighted by Crippen LogP contribution is 2.28. The van der Waals surface area contributed by atoms with E-state index in [1.165, 1.54) is 28.8 Å². The van der Waals surface area contributed by atoms with Crippen molar-refractivity contribution in [3.8, 4) is 23.2 Å². The van der Waals surface area contributed by atoms with Gasteiger partial charge in [0, 0.05) is 11.8 Å². The first-order chi connectivity index (χ1) is 14.8. The molecular weight excluding hydrogens is 416 g/mol. The third kappa shape index (κ3) is 4.09. The average Bonchev–Trinajstić information content (AvgIpc) is 3.04. The maximum Gasteiger partial charge on any atom is 0.387 e. The normalized spacial score (nSPS) is 11.0. The Morgan fingerprint density at radius 1 is 1.16 bits per heavy atom. The Hall–Kier alpha value is -4.20. The number of hydrogen-bond donors (Lipinski definition) is 1. The van der Waals surface area contributed by atoms with E-state index >= 15 is 0 Å². The predicted molar refractivity (Wildman–Crippen MR) is 102 cm³/mol. The largest absolute Gasteiger partial charge is 0.432 e. The number of imidazole rings is 1. The zero-order chi connectivity index (χ0) is 22.1. The van der Waals surface area contributed by atoms with Gasteiger partial charge in [-0.2, -0.15) is 14.0 Å². The summed E-state index contributed by atoms with van der Waals surface area (Å²) in [5, 5.41) is 12.2. The van der Waals surface area contributed by atoms with E-state index in [1.807, 2.05) is 6.07 Å². The topological polar surface area (TPSA) is 88.1 Å². The molecule has 1 N–H and O–H groups in total. The Balaban J connectivity index is 1.75. The monoisotopic (exact) mass is 428 g/mol. The quantitative estimate of drug-likeness (QED) is 0.468. The molecular formula is C20H12F4N6O. The Labute approximate surface area is 172 Å². The molecule has 3 heterocycles. The first-order valence-electron chi connectivity index (χ1n) is 8.78. The lowest BCUT2D eigenvalue weighted by Gasteiger charge is -2.11. The minimum Gasteiger partial charge on any atom is -0.432 e. The number of nitrogens with one attached hydrogen (secondary N) is 1. The molecule has 0 aliphatic carbocycles. The maximum atomic E-state index is 14.0. The molecule has 3 aromatic heterocycles. The molecule has 0 atom stereocenters. The Kier molecular flexibility index (Phi) is 5.12. The molecule has 156 valence electrons. The van der Waals surface area contributed by atoms with E-state index in [4.69, 9.17) is 0 Å². The molecule has 0 radical (unpaired) electrons. The van der Waals surface area contributed by atoms with Gasteiger partial charge in [-0.15, -0.1) is 0 Å². The number of hydrogen-bond acceptors (Lipinski definition) is 6. The van der Waals surface area contributed by atoms with Crippen LogP contribution in [0.1, 0.15) is 11.3 Å². The molecule has 0 saturated heterocycles. The van der Waals surface area contributed by atoms with Crippen LogP contribution >= 0.6 is 0 Å². The van der Waals surface area contributed by atoms with Gasteiger partial charge in [0.25, 0.3) is 0 Å². The summed E-state index contributed by atoms with van der Waals surface area (Å²) in [5.41, 5.74) is 1.65. The fourth-order valence-corrected chi connectivity index (χ4v) is 3.03. The number of alkyl halides is 2. The van der Waals surface area contributed by atoms with Crippen LogP contribution < -0.4 is 10.1 Å². The molecule has 31 heavy (non-hydrogen) atoms. The molecule has 0 unspecified atom stereocenters. The van der Waals surface area contributed by atoms with Crippen molar-refractivity contribution in [3.63, 3.8) is 0 Å². The van der Waals surface area contributed by atoms with Crippen LogP contribution in [0.2, 0.25) is 0 Å². The first-order valence-corrected chi connectivity index (χ1v) is 8.78. The molecule has 4 aromatic rings. The standard InChI is InChI=1S/C20H12F4N6O/c1-10-18(30-9-12(21)8-26-20(30)27-10)15-4-11(7-25)5-17(29-15)28-13-2-3-16(14(22)6-13)31-19(23)24/h2-6,8-9,19H,1H3,(H,28,29). The maximum absolute atomic E-state index is 14.0. The second kappa shape index (κ2) is 7.91. The van der Waals surface area contributed by atoms with Crippen molar-refractivity contribution < 1.29 is 22.3 Å². The summed E-state index contributed by atoms with van der Waals surface area (Å²) in [5.74, 6) is -1.75. The van der Waals surface area contributed by atoms with Gasteiger partial charge < -0.3 is 10.1 Å². The zero-order valence-electron chi connectivity index (χ0n) is 15.8. The van der Waals surface area contributed by atoms with Gasteiger partial charge >= 0.3 is 6.61 Å². The van der Waals surface area contributed by atoms with E-state index < -0.39 is 24.0 Å². The number of pyridine rings is 1. The van der Waals surface area contributed by atoms with Gasteiger partial charge in [-0.05, 0) is 31.2 Å². The van der Waals surface area contributed by atoms with Crippen LogP contribution in [0.15, 0.2) is 42.7 Å². The third-order valence-corrected chi connectivity index (χ3v) is 4.24. The van der Waals surface area contributed by atoms with Gasteiger partial charge in [0.2, 0.25) is 5.78 Å². The number of nitriles is 1. The zero-order valence-corrected chi connectivity index (χ0v) is 15.8. The van der Waals surface area contributed by atoms with Crippen LogP contribution in [-0.4, -0.2) is 26.0 Å². The van der Waals surface area contributed by atoms with E-state index in [2.05, 4.69) is 25.0 Å². The summed E-state index contributed by atoms with van der Waals surface area (Å²) < 4.78 is 57.8. The van der Waals surface area contributed by atoms with Gasteiger partial charge in [-0.1, -0.05) is 0 Å². The first kappa shape index (κ1) is 20.1. The number of fused-ring (bicyclic) bond motifs is 1. The summed E-state index contributed by atoms with van der Waals surface area (Å²) in [6, 6.07) is 8.23. The molecule has 1 aromatic carbocycles. The van der Waals surface area contributed by atoms with Gasteiger partial charge in [-0.25, -0.2) is 23.7 Å². The average molecular weight is 428 g/mol. The van der Waals surface area contributed by atoms with Crippen molar-refractivity contribution in [3.05, 3.63) is 65.6 Å². The van der Waals surface area contributed by atoms with Crippen LogP contribution in [0, 0.1) is 29.9 Å². The molecule has 7 nitrogen and oxygen atoms in total. The lowest BCUT2D eigenvalue weighted by Crippen LogP contribution is -2.04. The van der Waals surface area contributed by atoms with E-state index in [9.17, 15) is 22.8 Å². The second-order valence-electron chi connectivity index (χ2n) is 6.37. The predicted octanol–water partition coefficient (Wildman–Crippen LogP) is 4.59. The number of nitrogens with zero attached hydrogens (tertiary/aromatic N) is 5. The van der Waals surface area contributed by atoms with Crippen LogP contribution in [0.4, 0.5) is 29.1 Å². The molecule has 11 heteroatoms. The van der Waals surface area contributed by atoms with Crippen molar-refractivity contribution in [1.82, 2.24) is 19.4 Å². The molecule has 0 aliphatic rings. The molecule has 0 amide bonds. The molecule has 0 saturated carbocycles. The van der Waals surface area contributed by atoms with Crippen molar-refractivity contribution in [1.29, 1.82) is 5.26 Å². The minimum atomic E-state index is -3.15. The Morgan fingerprint density at radius 3 is 2.68 bits per heavy atom. The highest BCUT2D eigenvalue weighted by Gasteiger charge is 2.16. The van der Waals surface area contributed by atoms with Crippen molar-refractivity contribution in [2.24, 2.45) is 0 Å². The molecule has 0 bridgehead atoms. The van der Waals surface area contributed by atoms with Crippen molar-refractivity contribution in [2.45, 2.75) is 13.5 Å². The number of ether oxygens (including phenoxy) is 1. The van der Waals surface area contributed by atoms with Crippen LogP contribution in [0.3, 0.4) is 0 Å². The van der Waals surface area contributed by atoms with Gasteiger partial charge in [0.05, 0.1) is 41.1 Å². The molecule has 0 aliphatic heterocycles. The molecule has 0 fully saturated rings. The van der Waals surface area contributed by atoms with E-state index in [0.717, 1.165) is 18.3 Å². The Bertz CT molecular complexity index is 1330. The number of benzene rings is 1. The highest BCUT2D eigenvalue weighted by atomic mass is 19.3. The fraction of sp³-hybridized carbons (Fsp3) is 0.100. The third-order valence-electron chi connectivity index (χ3n) is 4.24. The molecule has 4 rings (SSSR count). The highest BCUT2D eigenvalue weighted by molar-refractivity contribution is 5.68. The minimum absolute atomic E-state index is 0.176. The fourth-order valence-electron chi connectivity index (χ4n) is 3.03. The number of aromatic nitrogens is 4. The van der Waals surface area contributed by atoms with Crippen molar-refractivity contribution >= 4 is 17.3 Å². The summed E-state index contributed by atoms with van der Waals surface area (Å²) in [6.45, 7) is -1.47. The van der Waals surface area contributed by atoms with Gasteiger partial charge in [-0.3, -0.25) is 4.40 Å². The van der Waals surface area contributed by atoms with Gasteiger partial charge in [0.1, 0.15) is 5.82 Å². The lowest BCUT2D eigenvalue weighted by atomic mass is 10.1. The number of rotatable bonds is 5. The number of aryl methyl sites for hydroxylation is 1. The van der Waals surface area contributed by atoms with Crippen LogP contribution in [0.5, 0.6) is 5.75 Å². The SMILES string of the molecule is Cc1nc2ncc(F)cn2c1-c1cc(C#N)cc(Nc2ccc(OC(F)F)c(F)c2)n1. The van der Waals surface area contributed by atoms with Crippen LogP contribution in [-0.2, 0) is 0 Å². The van der Waals surface area contributed by atoms with Crippen LogP contribution in [0.25, 0.3) is 17.2 Å². The number of anilines is 2. The summed E-state index contributed by atoms with van der Waals surface area (Å²) >= 11 is 0. The summed E-state index contributed by atoms with van der Waals surface area (Å²) in [6.07, 6.45) is 2.23. The second-order valence-corrected chi connectivity index (χ2v) is 6.37. The van der Waals surface area contributed by atoms with Crippen molar-refractivity contribution in [2.75, 3.05) is 5.32 Å². The number of halogens is 4. The van der Waals surface area contributed by atoms with E-state index in [1.54, 1.807) is 6.92 Å². The summed E-state index contributed by atoms with van der Waals surface area (Å²) in [4.78, 5) is 12.6.